The second kappa shape index (κ2) is 9.23. The molecule has 0 aliphatic heterocycles. The highest BCUT2D eigenvalue weighted by atomic mass is 32.2. The van der Waals surface area contributed by atoms with Crippen LogP contribution in [-0.2, 0) is 11.4 Å². The molecule has 3 rings (SSSR count). The summed E-state index contributed by atoms with van der Waals surface area (Å²) in [6, 6.07) is 18.3. The molecule has 1 aromatic heterocycles. The first-order valence-electron chi connectivity index (χ1n) is 8.82. The molecule has 0 saturated carbocycles. The van der Waals surface area contributed by atoms with Crippen molar-refractivity contribution < 1.29 is 9.53 Å². The molecule has 1 atom stereocenters. The molecule has 0 aliphatic carbocycles. The Bertz CT molecular complexity index is 988. The topological polar surface area (TPSA) is 84.1 Å². The van der Waals surface area contributed by atoms with Crippen LogP contribution >= 0.6 is 11.8 Å². The van der Waals surface area contributed by atoms with E-state index in [1.54, 1.807) is 6.92 Å². The summed E-state index contributed by atoms with van der Waals surface area (Å²) in [6.07, 6.45) is 0. The van der Waals surface area contributed by atoms with Crippen LogP contribution in [0.4, 0.5) is 5.69 Å². The van der Waals surface area contributed by atoms with Gasteiger partial charge in [-0.2, -0.15) is 0 Å². The summed E-state index contributed by atoms with van der Waals surface area (Å²) in [5, 5.41) is 2.81. The quantitative estimate of drug-likeness (QED) is 0.470. The average Bonchev–Trinajstić information content (AvgIpc) is 2.68. The van der Waals surface area contributed by atoms with Crippen LogP contribution in [0.2, 0.25) is 0 Å². The minimum Gasteiger partial charge on any atom is -0.487 e. The van der Waals surface area contributed by atoms with Gasteiger partial charge in [0, 0.05) is 11.8 Å². The highest BCUT2D eigenvalue weighted by molar-refractivity contribution is 8.00. The van der Waals surface area contributed by atoms with Gasteiger partial charge in [-0.25, -0.2) is 4.98 Å². The second-order valence-electron chi connectivity index (χ2n) is 6.26. The molecule has 2 aromatic carbocycles. The number of carbonyl (C=O) groups excluding carboxylic acids is 1. The number of benzene rings is 2. The minimum absolute atomic E-state index is 0.164. The predicted molar refractivity (Wildman–Crippen MR) is 111 cm³/mol. The summed E-state index contributed by atoms with van der Waals surface area (Å²) >= 11 is 1.19. The van der Waals surface area contributed by atoms with Crippen LogP contribution in [0.25, 0.3) is 0 Å². The molecule has 0 saturated heterocycles. The van der Waals surface area contributed by atoms with Gasteiger partial charge in [0.1, 0.15) is 12.4 Å². The Labute approximate surface area is 167 Å². The molecule has 1 amide bonds. The lowest BCUT2D eigenvalue weighted by Crippen LogP contribution is -2.23. The number of anilines is 1. The summed E-state index contributed by atoms with van der Waals surface area (Å²) in [7, 11) is 0. The lowest BCUT2D eigenvalue weighted by Gasteiger charge is -2.12. The van der Waals surface area contributed by atoms with Gasteiger partial charge in [0.05, 0.1) is 10.9 Å². The van der Waals surface area contributed by atoms with Crippen molar-refractivity contribution in [3.05, 3.63) is 82.3 Å². The zero-order valence-corrected chi connectivity index (χ0v) is 16.5. The summed E-state index contributed by atoms with van der Waals surface area (Å²) in [5.41, 5.74) is 2.07. The van der Waals surface area contributed by atoms with Gasteiger partial charge in [-0.05, 0) is 38.1 Å². The Morgan fingerprint density at radius 3 is 2.61 bits per heavy atom. The number of para-hydroxylation sites is 1. The van der Waals surface area contributed by atoms with E-state index in [0.717, 1.165) is 11.3 Å². The third-order valence-corrected chi connectivity index (χ3v) is 4.86. The molecule has 0 fully saturated rings. The van der Waals surface area contributed by atoms with Crippen molar-refractivity contribution in [1.82, 2.24) is 9.97 Å². The van der Waals surface area contributed by atoms with E-state index in [9.17, 15) is 9.59 Å². The molecule has 0 spiro atoms. The standard InChI is InChI=1S/C21H21N3O3S/c1-14-8-10-16(11-9-14)22-20(26)15(2)28-21-23-17(12-19(25)24-21)13-27-18-6-4-3-5-7-18/h3-12,15H,13H2,1-2H3,(H,22,26)(H,23,24,25). The molecule has 144 valence electrons. The number of aromatic amines is 1. The van der Waals surface area contributed by atoms with Crippen molar-refractivity contribution >= 4 is 23.4 Å². The predicted octanol–water partition coefficient (Wildman–Crippen LogP) is 3.78. The van der Waals surface area contributed by atoms with Gasteiger partial charge in [-0.1, -0.05) is 47.7 Å². The Morgan fingerprint density at radius 1 is 1.18 bits per heavy atom. The Hall–Kier alpha value is -3.06. The zero-order valence-electron chi connectivity index (χ0n) is 15.6. The number of carbonyl (C=O) groups is 1. The molecule has 28 heavy (non-hydrogen) atoms. The third-order valence-electron chi connectivity index (χ3n) is 3.88. The Balaban J connectivity index is 1.62. The van der Waals surface area contributed by atoms with E-state index < -0.39 is 5.25 Å². The normalized spacial score (nSPS) is 11.6. The molecule has 0 aliphatic rings. The number of H-pyrrole nitrogens is 1. The number of nitrogens with one attached hydrogen (secondary N) is 2. The van der Waals surface area contributed by atoms with Gasteiger partial charge in [-0.3, -0.25) is 9.59 Å². The van der Waals surface area contributed by atoms with Crippen LogP contribution in [0, 0.1) is 6.92 Å². The number of hydrogen-bond acceptors (Lipinski definition) is 5. The van der Waals surface area contributed by atoms with Crippen LogP contribution in [0.3, 0.4) is 0 Å². The fraction of sp³-hybridized carbons (Fsp3) is 0.190. The summed E-state index contributed by atoms with van der Waals surface area (Å²) in [4.78, 5) is 31.4. The number of aryl methyl sites for hydroxylation is 1. The summed E-state index contributed by atoms with van der Waals surface area (Å²) in [6.45, 7) is 3.92. The van der Waals surface area contributed by atoms with Crippen molar-refractivity contribution in [2.24, 2.45) is 0 Å². The van der Waals surface area contributed by atoms with Gasteiger partial charge in [-0.15, -0.1) is 0 Å². The van der Waals surface area contributed by atoms with Gasteiger partial charge in [0.25, 0.3) is 5.56 Å². The number of ether oxygens (including phenoxy) is 1. The average molecular weight is 395 g/mol. The monoisotopic (exact) mass is 395 g/mol. The van der Waals surface area contributed by atoms with Crippen molar-refractivity contribution in [3.8, 4) is 5.75 Å². The SMILES string of the molecule is Cc1ccc(NC(=O)C(C)Sc2nc(COc3ccccc3)cc(=O)[nH]2)cc1. The lowest BCUT2D eigenvalue weighted by molar-refractivity contribution is -0.115. The van der Waals surface area contributed by atoms with Crippen LogP contribution in [0.1, 0.15) is 18.2 Å². The van der Waals surface area contributed by atoms with Crippen LogP contribution in [0.5, 0.6) is 5.75 Å². The van der Waals surface area contributed by atoms with Gasteiger partial charge in [0.2, 0.25) is 5.91 Å². The maximum Gasteiger partial charge on any atom is 0.251 e. The second-order valence-corrected chi connectivity index (χ2v) is 7.59. The number of rotatable bonds is 7. The number of nitrogens with zero attached hydrogens (tertiary/aromatic N) is 1. The molecule has 0 bridgehead atoms. The first kappa shape index (κ1) is 19.7. The fourth-order valence-electron chi connectivity index (χ4n) is 2.39. The highest BCUT2D eigenvalue weighted by Crippen LogP contribution is 2.21. The van der Waals surface area contributed by atoms with Crippen molar-refractivity contribution in [1.29, 1.82) is 0 Å². The van der Waals surface area contributed by atoms with E-state index in [4.69, 9.17) is 4.74 Å². The van der Waals surface area contributed by atoms with Crippen molar-refractivity contribution in [2.75, 3.05) is 5.32 Å². The van der Waals surface area contributed by atoms with Crippen LogP contribution < -0.4 is 15.6 Å². The maximum absolute atomic E-state index is 12.4. The number of hydrogen-bond donors (Lipinski definition) is 2. The number of thioether (sulfide) groups is 1. The van der Waals surface area contributed by atoms with E-state index in [1.165, 1.54) is 17.8 Å². The molecule has 7 heteroatoms. The Morgan fingerprint density at radius 2 is 1.89 bits per heavy atom. The van der Waals surface area contributed by atoms with E-state index in [0.29, 0.717) is 16.6 Å². The van der Waals surface area contributed by atoms with Crippen molar-refractivity contribution in [2.45, 2.75) is 30.9 Å². The van der Waals surface area contributed by atoms with Crippen molar-refractivity contribution in [3.63, 3.8) is 0 Å². The van der Waals surface area contributed by atoms with Gasteiger partial charge in [0.15, 0.2) is 5.16 Å². The molecular weight excluding hydrogens is 374 g/mol. The summed E-state index contributed by atoms with van der Waals surface area (Å²) < 4.78 is 5.64. The molecule has 3 aromatic rings. The third kappa shape index (κ3) is 5.72. The molecule has 1 unspecified atom stereocenters. The zero-order chi connectivity index (χ0) is 19.9. The molecule has 2 N–H and O–H groups in total. The molecule has 0 radical (unpaired) electrons. The largest absolute Gasteiger partial charge is 0.487 e. The van der Waals surface area contributed by atoms with E-state index >= 15 is 0 Å². The lowest BCUT2D eigenvalue weighted by atomic mass is 10.2. The molecule has 1 heterocycles. The first-order chi connectivity index (χ1) is 13.5. The van der Waals surface area contributed by atoms with Gasteiger partial charge >= 0.3 is 0 Å². The van der Waals surface area contributed by atoms with E-state index in [2.05, 4.69) is 15.3 Å². The smallest absolute Gasteiger partial charge is 0.251 e. The van der Waals surface area contributed by atoms with Crippen LogP contribution in [-0.4, -0.2) is 21.1 Å². The first-order valence-corrected chi connectivity index (χ1v) is 9.70. The van der Waals surface area contributed by atoms with Crippen LogP contribution in [0.15, 0.2) is 70.6 Å². The maximum atomic E-state index is 12.4. The fourth-order valence-corrected chi connectivity index (χ4v) is 3.22. The Kier molecular flexibility index (Phi) is 6.49. The van der Waals surface area contributed by atoms with Gasteiger partial charge < -0.3 is 15.0 Å². The molecular formula is C21H21N3O3S. The number of aromatic nitrogens is 2. The summed E-state index contributed by atoms with van der Waals surface area (Å²) in [5.74, 6) is 0.534. The van der Waals surface area contributed by atoms with E-state index in [1.807, 2.05) is 61.5 Å². The number of amides is 1. The minimum atomic E-state index is -0.435. The highest BCUT2D eigenvalue weighted by Gasteiger charge is 2.16. The molecule has 6 nitrogen and oxygen atoms in total. The van der Waals surface area contributed by atoms with E-state index in [-0.39, 0.29) is 18.1 Å².